The lowest BCUT2D eigenvalue weighted by Gasteiger charge is -2.17. The quantitative estimate of drug-likeness (QED) is 0.519. The van der Waals surface area contributed by atoms with Gasteiger partial charge in [-0.2, -0.15) is 12.7 Å². The van der Waals surface area contributed by atoms with Gasteiger partial charge in [0.15, 0.2) is 0 Å². The Hall–Kier alpha value is -0.210. The zero-order chi connectivity index (χ0) is 12.6. The molecule has 6 nitrogen and oxygen atoms in total. The SMILES string of the molecule is CN(C)CCCNS(=O)(=O)N(C)CCCN. The molecular formula is C9H24N4O2S. The fourth-order valence-corrected chi connectivity index (χ4v) is 2.13. The summed E-state index contributed by atoms with van der Waals surface area (Å²) in [6.07, 6.45) is 1.48. The van der Waals surface area contributed by atoms with Gasteiger partial charge in [-0.25, -0.2) is 4.72 Å². The smallest absolute Gasteiger partial charge is 0.279 e. The molecule has 0 atom stereocenters. The Labute approximate surface area is 99.0 Å². The Bertz CT molecular complexity index is 267. The molecule has 0 aromatic rings. The molecule has 0 saturated carbocycles. The van der Waals surface area contributed by atoms with E-state index < -0.39 is 10.2 Å². The summed E-state index contributed by atoms with van der Waals surface area (Å²) >= 11 is 0. The average Bonchev–Trinajstić information content (AvgIpc) is 2.20. The molecule has 0 bridgehead atoms. The molecule has 0 aliphatic rings. The zero-order valence-electron chi connectivity index (χ0n) is 10.4. The molecule has 7 heteroatoms. The van der Waals surface area contributed by atoms with Crippen LogP contribution >= 0.6 is 0 Å². The van der Waals surface area contributed by atoms with Crippen molar-refractivity contribution in [2.24, 2.45) is 5.73 Å². The molecule has 0 amide bonds. The van der Waals surface area contributed by atoms with Crippen LogP contribution in [0.25, 0.3) is 0 Å². The first-order chi connectivity index (χ1) is 7.40. The number of hydrogen-bond acceptors (Lipinski definition) is 4. The van der Waals surface area contributed by atoms with Crippen molar-refractivity contribution in [2.45, 2.75) is 12.8 Å². The summed E-state index contributed by atoms with van der Waals surface area (Å²) in [5.41, 5.74) is 5.33. The van der Waals surface area contributed by atoms with Gasteiger partial charge in [-0.05, 0) is 40.0 Å². The first kappa shape index (κ1) is 15.8. The zero-order valence-corrected chi connectivity index (χ0v) is 11.3. The molecule has 0 unspecified atom stereocenters. The van der Waals surface area contributed by atoms with Crippen LogP contribution in [0.1, 0.15) is 12.8 Å². The van der Waals surface area contributed by atoms with E-state index in [1.807, 2.05) is 19.0 Å². The van der Waals surface area contributed by atoms with E-state index in [2.05, 4.69) is 4.72 Å². The minimum Gasteiger partial charge on any atom is -0.330 e. The largest absolute Gasteiger partial charge is 0.330 e. The predicted molar refractivity (Wildman–Crippen MR) is 66.4 cm³/mol. The minimum absolute atomic E-state index is 0.458. The van der Waals surface area contributed by atoms with Gasteiger partial charge in [-0.3, -0.25) is 0 Å². The maximum absolute atomic E-state index is 11.6. The second-order valence-electron chi connectivity index (χ2n) is 4.02. The lowest BCUT2D eigenvalue weighted by atomic mass is 10.4. The fraction of sp³-hybridized carbons (Fsp3) is 1.00. The maximum Gasteiger partial charge on any atom is 0.279 e. The molecule has 0 rings (SSSR count). The molecule has 98 valence electrons. The summed E-state index contributed by atoms with van der Waals surface area (Å²) in [7, 11) is 2.16. The van der Waals surface area contributed by atoms with Crippen LogP contribution in [0.2, 0.25) is 0 Å². The van der Waals surface area contributed by atoms with Crippen molar-refractivity contribution >= 4 is 10.2 Å². The second kappa shape index (κ2) is 7.97. The number of hydrogen-bond donors (Lipinski definition) is 2. The number of nitrogens with two attached hydrogens (primary N) is 1. The third-order valence-electron chi connectivity index (χ3n) is 2.15. The van der Waals surface area contributed by atoms with Crippen LogP contribution in [0.5, 0.6) is 0 Å². The van der Waals surface area contributed by atoms with Crippen molar-refractivity contribution in [2.75, 3.05) is 47.3 Å². The van der Waals surface area contributed by atoms with Crippen molar-refractivity contribution in [1.29, 1.82) is 0 Å². The molecule has 0 heterocycles. The average molecular weight is 252 g/mol. The molecule has 0 aromatic carbocycles. The third-order valence-corrected chi connectivity index (χ3v) is 3.73. The van der Waals surface area contributed by atoms with E-state index in [0.717, 1.165) is 13.0 Å². The van der Waals surface area contributed by atoms with Gasteiger partial charge in [0, 0.05) is 20.1 Å². The maximum atomic E-state index is 11.6. The van der Waals surface area contributed by atoms with Crippen molar-refractivity contribution in [3.63, 3.8) is 0 Å². The van der Waals surface area contributed by atoms with Gasteiger partial charge in [0.05, 0.1) is 0 Å². The first-order valence-corrected chi connectivity index (χ1v) is 6.90. The third kappa shape index (κ3) is 7.13. The molecule has 0 fully saturated rings. The highest BCUT2D eigenvalue weighted by Gasteiger charge is 2.15. The van der Waals surface area contributed by atoms with Gasteiger partial charge in [-0.15, -0.1) is 0 Å². The second-order valence-corrected chi connectivity index (χ2v) is 5.88. The predicted octanol–water partition coefficient (Wildman–Crippen LogP) is -0.947. The van der Waals surface area contributed by atoms with Crippen molar-refractivity contribution in [1.82, 2.24) is 13.9 Å². The summed E-state index contributed by atoms with van der Waals surface area (Å²) in [6, 6.07) is 0. The van der Waals surface area contributed by atoms with E-state index in [4.69, 9.17) is 5.73 Å². The van der Waals surface area contributed by atoms with Crippen molar-refractivity contribution in [3.8, 4) is 0 Å². The van der Waals surface area contributed by atoms with E-state index in [1.54, 1.807) is 7.05 Å². The Kier molecular flexibility index (Phi) is 7.86. The molecule has 16 heavy (non-hydrogen) atoms. The molecule has 3 N–H and O–H groups in total. The Morgan fingerprint density at radius 2 is 1.75 bits per heavy atom. The number of nitrogens with zero attached hydrogens (tertiary/aromatic N) is 2. The fourth-order valence-electron chi connectivity index (χ4n) is 1.14. The highest BCUT2D eigenvalue weighted by molar-refractivity contribution is 7.87. The Morgan fingerprint density at radius 1 is 1.12 bits per heavy atom. The van der Waals surface area contributed by atoms with Crippen LogP contribution in [-0.2, 0) is 10.2 Å². The van der Waals surface area contributed by atoms with Crippen LogP contribution in [0.3, 0.4) is 0 Å². The summed E-state index contributed by atoms with van der Waals surface area (Å²) in [6.45, 7) is 2.29. The molecule has 0 aromatic heterocycles. The van der Waals surface area contributed by atoms with Gasteiger partial charge in [-0.1, -0.05) is 0 Å². The van der Waals surface area contributed by atoms with E-state index >= 15 is 0 Å². The molecule has 0 spiro atoms. The summed E-state index contributed by atoms with van der Waals surface area (Å²) in [5, 5.41) is 0. The molecule has 0 aliphatic heterocycles. The Balaban J connectivity index is 3.86. The normalized spacial score (nSPS) is 12.6. The monoisotopic (exact) mass is 252 g/mol. The number of rotatable bonds is 9. The molecular weight excluding hydrogens is 228 g/mol. The minimum atomic E-state index is -3.32. The Morgan fingerprint density at radius 3 is 2.25 bits per heavy atom. The van der Waals surface area contributed by atoms with Crippen LogP contribution in [0.4, 0.5) is 0 Å². The van der Waals surface area contributed by atoms with Crippen LogP contribution < -0.4 is 10.5 Å². The van der Waals surface area contributed by atoms with E-state index in [1.165, 1.54) is 4.31 Å². The molecule has 0 saturated heterocycles. The van der Waals surface area contributed by atoms with E-state index in [0.29, 0.717) is 26.1 Å². The molecule has 0 aliphatic carbocycles. The first-order valence-electron chi connectivity index (χ1n) is 5.46. The van der Waals surface area contributed by atoms with E-state index in [-0.39, 0.29) is 0 Å². The van der Waals surface area contributed by atoms with Crippen molar-refractivity contribution < 1.29 is 8.42 Å². The van der Waals surface area contributed by atoms with Gasteiger partial charge >= 0.3 is 0 Å². The lowest BCUT2D eigenvalue weighted by Crippen LogP contribution is -2.40. The van der Waals surface area contributed by atoms with Crippen LogP contribution in [-0.4, -0.2) is 64.9 Å². The van der Waals surface area contributed by atoms with E-state index in [9.17, 15) is 8.42 Å². The van der Waals surface area contributed by atoms with Crippen LogP contribution in [0.15, 0.2) is 0 Å². The van der Waals surface area contributed by atoms with Gasteiger partial charge in [0.2, 0.25) is 0 Å². The topological polar surface area (TPSA) is 78.7 Å². The highest BCUT2D eigenvalue weighted by atomic mass is 32.2. The van der Waals surface area contributed by atoms with Gasteiger partial charge in [0.1, 0.15) is 0 Å². The number of nitrogens with one attached hydrogen (secondary N) is 1. The van der Waals surface area contributed by atoms with Gasteiger partial charge in [0.25, 0.3) is 10.2 Å². The molecule has 0 radical (unpaired) electrons. The van der Waals surface area contributed by atoms with Gasteiger partial charge < -0.3 is 10.6 Å². The summed E-state index contributed by atoms with van der Waals surface area (Å²) < 4.78 is 27.1. The standard InChI is InChI=1S/C9H24N4O2S/c1-12(2)8-5-7-11-16(14,15)13(3)9-4-6-10/h11H,4-10H2,1-3H3. The van der Waals surface area contributed by atoms with Crippen LogP contribution in [0, 0.1) is 0 Å². The highest BCUT2D eigenvalue weighted by Crippen LogP contribution is 1.95. The summed E-state index contributed by atoms with van der Waals surface area (Å²) in [4.78, 5) is 2.02. The van der Waals surface area contributed by atoms with Crippen molar-refractivity contribution in [3.05, 3.63) is 0 Å². The summed E-state index contributed by atoms with van der Waals surface area (Å²) in [5.74, 6) is 0. The lowest BCUT2D eigenvalue weighted by molar-refractivity contribution is 0.396.